The molecule has 0 spiro atoms. The van der Waals surface area contributed by atoms with E-state index in [4.69, 9.17) is 10.00 Å². The van der Waals surface area contributed by atoms with Gasteiger partial charge in [0.2, 0.25) is 11.8 Å². The zero-order chi connectivity index (χ0) is 15.7. The Morgan fingerprint density at radius 1 is 1.05 bits per heavy atom. The minimum absolute atomic E-state index is 0.227. The summed E-state index contributed by atoms with van der Waals surface area (Å²) in [6.45, 7) is 3.71. The highest BCUT2D eigenvalue weighted by Gasteiger charge is 2.70. The van der Waals surface area contributed by atoms with Crippen LogP contribution < -0.4 is 4.90 Å². The molecule has 22 heavy (non-hydrogen) atoms. The molecular weight excluding hydrogens is 280 g/mol. The predicted octanol–water partition coefficient (Wildman–Crippen LogP) is 1.78. The highest BCUT2D eigenvalue weighted by Crippen LogP contribution is 2.57. The van der Waals surface area contributed by atoms with E-state index in [-0.39, 0.29) is 11.8 Å². The van der Waals surface area contributed by atoms with Crippen molar-refractivity contribution < 1.29 is 14.3 Å². The van der Waals surface area contributed by atoms with Gasteiger partial charge in [-0.3, -0.25) is 9.59 Å². The predicted molar refractivity (Wildman–Crippen MR) is 77.7 cm³/mol. The van der Waals surface area contributed by atoms with Crippen molar-refractivity contribution >= 4 is 17.5 Å². The number of carbonyl (C=O) groups excluding carboxylic acids is 2. The number of amides is 2. The highest BCUT2D eigenvalue weighted by atomic mass is 16.5. The molecule has 5 heteroatoms. The maximum Gasteiger partial charge on any atom is 0.241 e. The molecule has 0 aliphatic carbocycles. The zero-order valence-electron chi connectivity index (χ0n) is 12.2. The van der Waals surface area contributed by atoms with Gasteiger partial charge in [0.25, 0.3) is 0 Å². The van der Waals surface area contributed by atoms with Gasteiger partial charge >= 0.3 is 0 Å². The molecule has 0 aromatic heterocycles. The number of hydrogen-bond donors (Lipinski definition) is 0. The van der Waals surface area contributed by atoms with Crippen LogP contribution in [-0.4, -0.2) is 23.0 Å². The van der Waals surface area contributed by atoms with E-state index < -0.39 is 23.0 Å². The lowest BCUT2D eigenvalue weighted by Crippen LogP contribution is -2.39. The van der Waals surface area contributed by atoms with E-state index in [0.29, 0.717) is 11.3 Å². The van der Waals surface area contributed by atoms with Crippen LogP contribution in [0.3, 0.4) is 0 Å². The number of carbonyl (C=O) groups is 2. The molecule has 2 saturated heterocycles. The molecule has 5 nitrogen and oxygen atoms in total. The van der Waals surface area contributed by atoms with Crippen LogP contribution in [0.4, 0.5) is 5.69 Å². The molecular formula is C17H14N2O3. The quantitative estimate of drug-likeness (QED) is 0.585. The standard InChI is InChI=1S/C17H14N2O3/c1-16-7-8-17(2,22-16)13-12(16)14(20)19(15(13)21)11-5-3-10(9-18)4-6-11/h3-8,12-13H,1-2H3/t12-,13-,16-,17+/m0/s1. The number of ether oxygens (including phenoxy) is 1. The SMILES string of the molecule is C[C@]12C=C[C@](C)(O1)[C@@H]1C(=O)N(c3ccc(C#N)cc3)C(=O)[C@H]12. The minimum atomic E-state index is -0.715. The summed E-state index contributed by atoms with van der Waals surface area (Å²) >= 11 is 0. The summed E-state index contributed by atoms with van der Waals surface area (Å²) < 4.78 is 5.95. The molecule has 110 valence electrons. The summed E-state index contributed by atoms with van der Waals surface area (Å²) in [5, 5.41) is 8.85. The second-order valence-electron chi connectivity index (χ2n) is 6.43. The number of benzene rings is 1. The average molecular weight is 294 g/mol. The molecule has 0 radical (unpaired) electrons. The van der Waals surface area contributed by atoms with Crippen molar-refractivity contribution in [2.75, 3.05) is 4.90 Å². The van der Waals surface area contributed by atoms with Crippen molar-refractivity contribution in [3.63, 3.8) is 0 Å². The Morgan fingerprint density at radius 3 is 2.00 bits per heavy atom. The van der Waals surface area contributed by atoms with Gasteiger partial charge in [0, 0.05) is 0 Å². The normalized spacial score (nSPS) is 38.5. The first-order valence-electron chi connectivity index (χ1n) is 7.18. The first-order valence-corrected chi connectivity index (χ1v) is 7.18. The molecule has 1 aromatic carbocycles. The molecule has 2 amide bonds. The monoisotopic (exact) mass is 294 g/mol. The number of fused-ring (bicyclic) bond motifs is 5. The summed E-state index contributed by atoms with van der Waals surface area (Å²) in [6.07, 6.45) is 3.78. The van der Waals surface area contributed by atoms with Gasteiger partial charge in [-0.05, 0) is 38.1 Å². The number of nitriles is 1. The Labute approximate surface area is 127 Å². The van der Waals surface area contributed by atoms with Gasteiger partial charge in [-0.25, -0.2) is 4.90 Å². The number of imide groups is 1. The Hall–Kier alpha value is -2.45. The van der Waals surface area contributed by atoms with Gasteiger partial charge < -0.3 is 4.74 Å². The van der Waals surface area contributed by atoms with Crippen LogP contribution in [0.25, 0.3) is 0 Å². The van der Waals surface area contributed by atoms with Crippen molar-refractivity contribution in [2.24, 2.45) is 11.8 Å². The number of hydrogen-bond acceptors (Lipinski definition) is 4. The Bertz CT molecular complexity index is 740. The van der Waals surface area contributed by atoms with E-state index in [2.05, 4.69) is 0 Å². The maximum atomic E-state index is 12.8. The topological polar surface area (TPSA) is 70.4 Å². The summed E-state index contributed by atoms with van der Waals surface area (Å²) in [7, 11) is 0. The lowest BCUT2D eigenvalue weighted by Gasteiger charge is -2.25. The van der Waals surface area contributed by atoms with Crippen LogP contribution in [0.2, 0.25) is 0 Å². The molecule has 3 heterocycles. The molecule has 4 atom stereocenters. The summed E-state index contributed by atoms with van der Waals surface area (Å²) in [5.74, 6) is -1.41. The minimum Gasteiger partial charge on any atom is -0.359 e. The van der Waals surface area contributed by atoms with Crippen LogP contribution in [0.5, 0.6) is 0 Å². The van der Waals surface area contributed by atoms with Gasteiger partial charge in [0.05, 0.1) is 40.4 Å². The third-order valence-corrected chi connectivity index (χ3v) is 4.98. The second kappa shape index (κ2) is 3.84. The molecule has 3 aliphatic heterocycles. The van der Waals surface area contributed by atoms with Crippen LogP contribution in [0, 0.1) is 23.2 Å². The van der Waals surface area contributed by atoms with E-state index in [1.165, 1.54) is 4.90 Å². The van der Waals surface area contributed by atoms with E-state index >= 15 is 0 Å². The van der Waals surface area contributed by atoms with E-state index in [1.54, 1.807) is 24.3 Å². The van der Waals surface area contributed by atoms with Crippen LogP contribution in [0.1, 0.15) is 19.4 Å². The molecule has 4 rings (SSSR count). The van der Waals surface area contributed by atoms with Gasteiger partial charge in [0.15, 0.2) is 0 Å². The second-order valence-corrected chi connectivity index (χ2v) is 6.43. The van der Waals surface area contributed by atoms with Crippen molar-refractivity contribution in [3.05, 3.63) is 42.0 Å². The number of anilines is 1. The average Bonchev–Trinajstić information content (AvgIpc) is 3.04. The van der Waals surface area contributed by atoms with E-state index in [0.717, 1.165) is 0 Å². The molecule has 0 N–H and O–H groups in total. The molecule has 0 saturated carbocycles. The third kappa shape index (κ3) is 1.40. The van der Waals surface area contributed by atoms with Gasteiger partial charge in [-0.2, -0.15) is 5.26 Å². The summed E-state index contributed by atoms with van der Waals surface area (Å²) in [5.41, 5.74) is -0.428. The maximum absolute atomic E-state index is 12.8. The molecule has 2 fully saturated rings. The van der Waals surface area contributed by atoms with Crippen molar-refractivity contribution in [2.45, 2.75) is 25.0 Å². The van der Waals surface area contributed by atoms with Crippen molar-refractivity contribution in [3.8, 4) is 6.07 Å². The van der Waals surface area contributed by atoms with Crippen molar-refractivity contribution in [1.82, 2.24) is 0 Å². The van der Waals surface area contributed by atoms with Gasteiger partial charge in [0.1, 0.15) is 0 Å². The smallest absolute Gasteiger partial charge is 0.241 e. The van der Waals surface area contributed by atoms with Crippen LogP contribution in [0.15, 0.2) is 36.4 Å². The summed E-state index contributed by atoms with van der Waals surface area (Å²) in [4.78, 5) is 26.9. The Morgan fingerprint density at radius 2 is 1.55 bits per heavy atom. The lowest BCUT2D eigenvalue weighted by molar-refractivity contribution is -0.128. The largest absolute Gasteiger partial charge is 0.359 e. The molecule has 0 unspecified atom stereocenters. The third-order valence-electron chi connectivity index (χ3n) is 4.98. The fourth-order valence-corrected chi connectivity index (χ4v) is 3.97. The molecule has 1 aromatic rings. The number of nitrogens with zero attached hydrogens (tertiary/aromatic N) is 2. The Balaban J connectivity index is 1.78. The molecule has 2 bridgehead atoms. The van der Waals surface area contributed by atoms with Crippen LogP contribution in [-0.2, 0) is 14.3 Å². The van der Waals surface area contributed by atoms with Gasteiger partial charge in [-0.1, -0.05) is 12.2 Å². The van der Waals surface area contributed by atoms with Crippen molar-refractivity contribution in [1.29, 1.82) is 5.26 Å². The zero-order valence-corrected chi connectivity index (χ0v) is 12.2. The van der Waals surface area contributed by atoms with E-state index in [9.17, 15) is 9.59 Å². The molecule has 3 aliphatic rings. The van der Waals surface area contributed by atoms with Gasteiger partial charge in [-0.15, -0.1) is 0 Å². The Kier molecular flexibility index (Phi) is 2.31. The number of rotatable bonds is 1. The lowest BCUT2D eigenvalue weighted by atomic mass is 9.73. The fraction of sp³-hybridized carbons (Fsp3) is 0.353. The van der Waals surface area contributed by atoms with Crippen LogP contribution >= 0.6 is 0 Å². The highest BCUT2D eigenvalue weighted by molar-refractivity contribution is 6.23. The fourth-order valence-electron chi connectivity index (χ4n) is 3.97. The first kappa shape index (κ1) is 13.2. The first-order chi connectivity index (χ1) is 10.4. The van der Waals surface area contributed by atoms with E-state index in [1.807, 2.05) is 32.1 Å². The summed E-state index contributed by atoms with van der Waals surface area (Å²) in [6, 6.07) is 8.51.